The van der Waals surface area contributed by atoms with E-state index in [-0.39, 0.29) is 0 Å². The minimum atomic E-state index is 0.293. The summed E-state index contributed by atoms with van der Waals surface area (Å²) in [5, 5.41) is 0.293. The Morgan fingerprint density at radius 3 is 2.63 bits per heavy atom. The summed E-state index contributed by atoms with van der Waals surface area (Å²) in [7, 11) is 0. The Kier molecular flexibility index (Phi) is 4.47. The highest BCUT2D eigenvalue weighted by atomic mass is 35.5. The molecule has 0 unspecified atom stereocenters. The first-order valence-corrected chi connectivity index (χ1v) is 6.39. The molecule has 0 radical (unpaired) electrons. The Morgan fingerprint density at radius 1 is 1.21 bits per heavy atom. The van der Waals surface area contributed by atoms with Crippen LogP contribution in [0.4, 0.5) is 5.69 Å². The SMILES string of the molecule is CCCOc1ccccc1Oc1cc(N)cc(Cl)n1. The normalized spacial score (nSPS) is 10.2. The van der Waals surface area contributed by atoms with Crippen molar-refractivity contribution in [3.05, 3.63) is 41.6 Å². The molecule has 0 saturated carbocycles. The summed E-state index contributed by atoms with van der Waals surface area (Å²) < 4.78 is 11.3. The van der Waals surface area contributed by atoms with Gasteiger partial charge in [0.2, 0.25) is 5.88 Å². The lowest BCUT2D eigenvalue weighted by Gasteiger charge is -2.11. The van der Waals surface area contributed by atoms with Crippen molar-refractivity contribution < 1.29 is 9.47 Å². The van der Waals surface area contributed by atoms with Crippen LogP contribution in [0.3, 0.4) is 0 Å². The van der Waals surface area contributed by atoms with Crippen LogP contribution in [-0.2, 0) is 0 Å². The van der Waals surface area contributed by atoms with Gasteiger partial charge >= 0.3 is 0 Å². The van der Waals surface area contributed by atoms with Crippen molar-refractivity contribution in [2.24, 2.45) is 0 Å². The molecule has 0 saturated heterocycles. The van der Waals surface area contributed by atoms with Crippen molar-refractivity contribution in [1.29, 1.82) is 0 Å². The van der Waals surface area contributed by atoms with Gasteiger partial charge in [0, 0.05) is 11.8 Å². The highest BCUT2D eigenvalue weighted by Crippen LogP contribution is 2.31. The summed E-state index contributed by atoms with van der Waals surface area (Å²) in [5.74, 6) is 1.60. The topological polar surface area (TPSA) is 57.4 Å². The lowest BCUT2D eigenvalue weighted by Crippen LogP contribution is -1.98. The van der Waals surface area contributed by atoms with Crippen LogP contribution in [0.1, 0.15) is 13.3 Å². The van der Waals surface area contributed by atoms with Crippen LogP contribution in [0.15, 0.2) is 36.4 Å². The molecule has 4 nitrogen and oxygen atoms in total. The van der Waals surface area contributed by atoms with Gasteiger partial charge in [0.05, 0.1) is 6.61 Å². The van der Waals surface area contributed by atoms with Crippen molar-refractivity contribution in [3.63, 3.8) is 0 Å². The number of hydrogen-bond donors (Lipinski definition) is 1. The second kappa shape index (κ2) is 6.29. The van der Waals surface area contributed by atoms with Crippen LogP contribution >= 0.6 is 11.6 Å². The van der Waals surface area contributed by atoms with Crippen LogP contribution < -0.4 is 15.2 Å². The molecule has 19 heavy (non-hydrogen) atoms. The molecule has 0 aliphatic heterocycles. The first-order chi connectivity index (χ1) is 9.19. The number of para-hydroxylation sites is 2. The molecule has 1 heterocycles. The van der Waals surface area contributed by atoms with Gasteiger partial charge in [-0.25, -0.2) is 4.98 Å². The average Bonchev–Trinajstić information content (AvgIpc) is 2.36. The zero-order chi connectivity index (χ0) is 13.7. The van der Waals surface area contributed by atoms with E-state index in [1.54, 1.807) is 12.1 Å². The van der Waals surface area contributed by atoms with E-state index in [9.17, 15) is 0 Å². The maximum atomic E-state index is 5.84. The summed E-state index contributed by atoms with van der Waals surface area (Å²) in [6.45, 7) is 2.67. The maximum Gasteiger partial charge on any atom is 0.222 e. The van der Waals surface area contributed by atoms with Gasteiger partial charge in [0.15, 0.2) is 11.5 Å². The lowest BCUT2D eigenvalue weighted by atomic mass is 10.3. The Balaban J connectivity index is 2.22. The molecule has 0 bridgehead atoms. The zero-order valence-corrected chi connectivity index (χ0v) is 11.4. The molecular weight excluding hydrogens is 264 g/mol. The Morgan fingerprint density at radius 2 is 1.95 bits per heavy atom. The molecule has 0 fully saturated rings. The lowest BCUT2D eigenvalue weighted by molar-refractivity contribution is 0.301. The van der Waals surface area contributed by atoms with E-state index in [1.165, 1.54) is 0 Å². The molecule has 2 N–H and O–H groups in total. The molecule has 5 heteroatoms. The van der Waals surface area contributed by atoms with Crippen LogP contribution in [0, 0.1) is 0 Å². The summed E-state index contributed by atoms with van der Waals surface area (Å²) in [4.78, 5) is 4.06. The molecule has 0 spiro atoms. The number of nitrogen functional groups attached to an aromatic ring is 1. The van der Waals surface area contributed by atoms with Crippen LogP contribution in [0.25, 0.3) is 0 Å². The van der Waals surface area contributed by atoms with Gasteiger partial charge in [0.25, 0.3) is 0 Å². The Hall–Kier alpha value is -1.94. The molecule has 0 aliphatic rings. The van der Waals surface area contributed by atoms with E-state index in [0.717, 1.165) is 6.42 Å². The summed E-state index contributed by atoms with van der Waals surface area (Å²) >= 11 is 5.84. The first-order valence-electron chi connectivity index (χ1n) is 6.02. The predicted molar refractivity (Wildman–Crippen MR) is 76.0 cm³/mol. The highest BCUT2D eigenvalue weighted by Gasteiger charge is 2.07. The largest absolute Gasteiger partial charge is 0.490 e. The molecule has 2 rings (SSSR count). The van der Waals surface area contributed by atoms with Crippen molar-refractivity contribution >= 4 is 17.3 Å². The number of pyridine rings is 1. The van der Waals surface area contributed by atoms with Gasteiger partial charge in [-0.1, -0.05) is 30.7 Å². The van der Waals surface area contributed by atoms with E-state index >= 15 is 0 Å². The third-order valence-corrected chi connectivity index (χ3v) is 2.51. The summed E-state index contributed by atoms with van der Waals surface area (Å²) in [5.41, 5.74) is 6.20. The predicted octanol–water partition coefficient (Wildman–Crippen LogP) is 3.90. The minimum absolute atomic E-state index is 0.293. The van der Waals surface area contributed by atoms with Gasteiger partial charge in [-0.05, 0) is 24.6 Å². The minimum Gasteiger partial charge on any atom is -0.490 e. The molecule has 0 aliphatic carbocycles. The number of aromatic nitrogens is 1. The fraction of sp³-hybridized carbons (Fsp3) is 0.214. The van der Waals surface area contributed by atoms with E-state index in [2.05, 4.69) is 4.98 Å². The summed E-state index contributed by atoms with van der Waals surface area (Å²) in [6.07, 6.45) is 0.927. The molecule has 1 aromatic carbocycles. The van der Waals surface area contributed by atoms with E-state index < -0.39 is 0 Å². The van der Waals surface area contributed by atoms with Crippen molar-refractivity contribution in [2.75, 3.05) is 12.3 Å². The number of anilines is 1. The third-order valence-electron chi connectivity index (χ3n) is 2.32. The van der Waals surface area contributed by atoms with Gasteiger partial charge in [-0.3, -0.25) is 0 Å². The monoisotopic (exact) mass is 278 g/mol. The molecular formula is C14H15ClN2O2. The second-order valence-corrected chi connectivity index (χ2v) is 4.35. The fourth-order valence-corrected chi connectivity index (χ4v) is 1.73. The van der Waals surface area contributed by atoms with Crippen LogP contribution in [0.2, 0.25) is 5.15 Å². The van der Waals surface area contributed by atoms with Crippen molar-refractivity contribution in [2.45, 2.75) is 13.3 Å². The number of ether oxygens (including phenoxy) is 2. The highest BCUT2D eigenvalue weighted by molar-refractivity contribution is 6.29. The van der Waals surface area contributed by atoms with E-state index in [0.29, 0.717) is 34.8 Å². The number of rotatable bonds is 5. The standard InChI is InChI=1S/C14H15ClN2O2/c1-2-7-18-11-5-3-4-6-12(11)19-14-9-10(16)8-13(15)17-14/h3-6,8-9H,2,7H2,1H3,(H2,16,17). The van der Waals surface area contributed by atoms with Gasteiger partial charge in [-0.2, -0.15) is 0 Å². The molecule has 0 atom stereocenters. The number of benzene rings is 1. The van der Waals surface area contributed by atoms with Crippen molar-refractivity contribution in [3.8, 4) is 17.4 Å². The number of nitrogens with two attached hydrogens (primary N) is 1. The third kappa shape index (κ3) is 3.76. The molecule has 100 valence electrons. The number of halogens is 1. The maximum absolute atomic E-state index is 5.84. The zero-order valence-electron chi connectivity index (χ0n) is 10.6. The molecule has 1 aromatic heterocycles. The van der Waals surface area contributed by atoms with Crippen molar-refractivity contribution in [1.82, 2.24) is 4.98 Å². The number of hydrogen-bond acceptors (Lipinski definition) is 4. The number of nitrogens with zero attached hydrogens (tertiary/aromatic N) is 1. The van der Waals surface area contributed by atoms with Gasteiger partial charge in [0.1, 0.15) is 5.15 Å². The molecule has 2 aromatic rings. The van der Waals surface area contributed by atoms with E-state index in [1.807, 2.05) is 31.2 Å². The van der Waals surface area contributed by atoms with Gasteiger partial charge in [-0.15, -0.1) is 0 Å². The summed E-state index contributed by atoms with van der Waals surface area (Å²) in [6, 6.07) is 10.6. The Labute approximate surface area is 117 Å². The molecule has 0 amide bonds. The first kappa shape index (κ1) is 13.5. The smallest absolute Gasteiger partial charge is 0.222 e. The van der Waals surface area contributed by atoms with Crippen LogP contribution in [0.5, 0.6) is 17.4 Å². The van der Waals surface area contributed by atoms with Gasteiger partial charge < -0.3 is 15.2 Å². The fourth-order valence-electron chi connectivity index (χ4n) is 1.52. The Bertz CT molecular complexity index is 541. The average molecular weight is 279 g/mol. The van der Waals surface area contributed by atoms with Crippen LogP contribution in [-0.4, -0.2) is 11.6 Å². The second-order valence-electron chi connectivity index (χ2n) is 3.96. The quantitative estimate of drug-likeness (QED) is 0.843. The van der Waals surface area contributed by atoms with E-state index in [4.69, 9.17) is 26.8 Å².